The van der Waals surface area contributed by atoms with Crippen LogP contribution in [0.5, 0.6) is 0 Å². The number of aromatic amines is 1. The minimum atomic E-state index is -0.616. The first-order valence-corrected chi connectivity index (χ1v) is 7.32. The lowest BCUT2D eigenvalue weighted by Gasteiger charge is -2.12. The molecule has 0 radical (unpaired) electrons. The summed E-state index contributed by atoms with van der Waals surface area (Å²) in [6, 6.07) is 0. The molecule has 0 fully saturated rings. The van der Waals surface area contributed by atoms with E-state index in [-0.39, 0.29) is 12.5 Å². The van der Waals surface area contributed by atoms with E-state index in [2.05, 4.69) is 15.3 Å². The van der Waals surface area contributed by atoms with E-state index < -0.39 is 11.8 Å². The maximum atomic E-state index is 12.1. The first-order valence-electron chi connectivity index (χ1n) is 6.09. The summed E-state index contributed by atoms with van der Waals surface area (Å²) in [4.78, 5) is 29.6. The second-order valence-corrected chi connectivity index (χ2v) is 5.00. The lowest BCUT2D eigenvalue weighted by molar-refractivity contribution is 0.0587. The number of nitrogens with one attached hydrogen (secondary N) is 2. The minimum absolute atomic E-state index is 0.227. The third-order valence-electron chi connectivity index (χ3n) is 2.63. The van der Waals surface area contributed by atoms with Gasteiger partial charge in [0.1, 0.15) is 5.03 Å². The Bertz CT molecular complexity index is 518. The van der Waals surface area contributed by atoms with Crippen LogP contribution in [-0.4, -0.2) is 53.6 Å². The van der Waals surface area contributed by atoms with E-state index in [1.807, 2.05) is 0 Å². The molecule has 7 nitrogen and oxygen atoms in total. The minimum Gasteiger partial charge on any atom is -0.391 e. The van der Waals surface area contributed by atoms with Crippen LogP contribution in [0.25, 0.3) is 0 Å². The Kier molecular flexibility index (Phi) is 6.69. The van der Waals surface area contributed by atoms with Crippen molar-refractivity contribution in [1.29, 1.82) is 0 Å². The number of aliphatic hydroxyl groups excluding tert-OH is 1. The fourth-order valence-electron chi connectivity index (χ4n) is 1.69. The highest BCUT2D eigenvalue weighted by atomic mass is 32.2. The summed E-state index contributed by atoms with van der Waals surface area (Å²) in [5.74, 6) is -0.319. The number of nitrogens with zero attached hydrogens (tertiary/aromatic N) is 1. The maximum absolute atomic E-state index is 12.1. The highest BCUT2D eigenvalue weighted by molar-refractivity contribution is 7.98. The van der Waals surface area contributed by atoms with Crippen LogP contribution < -0.4 is 11.0 Å². The number of aromatic nitrogens is 2. The van der Waals surface area contributed by atoms with Gasteiger partial charge in [-0.05, 0) is 19.6 Å². The van der Waals surface area contributed by atoms with E-state index in [0.29, 0.717) is 29.2 Å². The SMILES string of the molecule is COCC(O)CCNC(=O)c1c(SC)nc(=O)[nH]c1C. The molecule has 1 unspecified atom stereocenters. The highest BCUT2D eigenvalue weighted by Crippen LogP contribution is 2.17. The van der Waals surface area contributed by atoms with Crippen molar-refractivity contribution >= 4 is 17.7 Å². The first kappa shape index (κ1) is 16.7. The number of thioether (sulfide) groups is 1. The van der Waals surface area contributed by atoms with Crippen LogP contribution in [0.4, 0.5) is 0 Å². The van der Waals surface area contributed by atoms with Crippen molar-refractivity contribution in [2.24, 2.45) is 0 Å². The fraction of sp³-hybridized carbons (Fsp3) is 0.583. The number of aryl methyl sites for hydroxylation is 1. The smallest absolute Gasteiger partial charge is 0.346 e. The average molecular weight is 301 g/mol. The van der Waals surface area contributed by atoms with E-state index in [4.69, 9.17) is 4.74 Å². The van der Waals surface area contributed by atoms with Gasteiger partial charge in [-0.3, -0.25) is 4.79 Å². The van der Waals surface area contributed by atoms with Crippen LogP contribution in [0.3, 0.4) is 0 Å². The van der Waals surface area contributed by atoms with Gasteiger partial charge >= 0.3 is 5.69 Å². The monoisotopic (exact) mass is 301 g/mol. The number of carbonyl (C=O) groups excluding carboxylic acids is 1. The Labute approximate surface area is 121 Å². The number of hydrogen-bond donors (Lipinski definition) is 3. The topological polar surface area (TPSA) is 104 Å². The standard InChI is InChI=1S/C12H19N3O4S/c1-7-9(11(20-3)15-12(18)14-7)10(17)13-5-4-8(16)6-19-2/h8,16H,4-6H2,1-3H3,(H,13,17)(H,14,15,18). The molecule has 1 rings (SSSR count). The number of rotatable bonds is 7. The van der Waals surface area contributed by atoms with Crippen molar-refractivity contribution in [3.05, 3.63) is 21.7 Å². The fourth-order valence-corrected chi connectivity index (χ4v) is 2.32. The summed E-state index contributed by atoms with van der Waals surface area (Å²) < 4.78 is 4.80. The van der Waals surface area contributed by atoms with Crippen LogP contribution in [-0.2, 0) is 4.74 Å². The van der Waals surface area contributed by atoms with Crippen molar-refractivity contribution in [2.45, 2.75) is 24.5 Å². The molecule has 0 aliphatic carbocycles. The van der Waals surface area contributed by atoms with E-state index in [1.54, 1.807) is 13.2 Å². The van der Waals surface area contributed by atoms with Gasteiger partial charge in [-0.25, -0.2) is 4.79 Å². The predicted molar refractivity (Wildman–Crippen MR) is 76.2 cm³/mol. The van der Waals surface area contributed by atoms with Crippen LogP contribution in [0.2, 0.25) is 0 Å². The van der Waals surface area contributed by atoms with Crippen molar-refractivity contribution in [2.75, 3.05) is 26.5 Å². The molecule has 112 valence electrons. The molecule has 0 saturated heterocycles. The van der Waals surface area contributed by atoms with Crippen molar-refractivity contribution < 1.29 is 14.6 Å². The molecule has 0 aliphatic heterocycles. The van der Waals surface area contributed by atoms with E-state index in [9.17, 15) is 14.7 Å². The third kappa shape index (κ3) is 4.62. The largest absolute Gasteiger partial charge is 0.391 e. The Balaban J connectivity index is 2.71. The highest BCUT2D eigenvalue weighted by Gasteiger charge is 2.16. The zero-order valence-corrected chi connectivity index (χ0v) is 12.5. The molecule has 0 aromatic carbocycles. The summed E-state index contributed by atoms with van der Waals surface area (Å²) >= 11 is 1.24. The van der Waals surface area contributed by atoms with E-state index >= 15 is 0 Å². The lowest BCUT2D eigenvalue weighted by atomic mass is 10.2. The molecular weight excluding hydrogens is 282 g/mol. The summed E-state index contributed by atoms with van der Waals surface area (Å²) in [7, 11) is 1.50. The number of H-pyrrole nitrogens is 1. The normalized spacial score (nSPS) is 12.2. The van der Waals surface area contributed by atoms with Crippen molar-refractivity contribution in [3.63, 3.8) is 0 Å². The van der Waals surface area contributed by atoms with Gasteiger partial charge in [0.05, 0.1) is 18.3 Å². The zero-order chi connectivity index (χ0) is 15.1. The molecule has 0 bridgehead atoms. The van der Waals surface area contributed by atoms with Crippen LogP contribution in [0.1, 0.15) is 22.5 Å². The summed E-state index contributed by atoms with van der Waals surface area (Å²) in [6.07, 6.45) is 1.53. The van der Waals surface area contributed by atoms with Crippen LogP contribution in [0.15, 0.2) is 9.82 Å². The van der Waals surface area contributed by atoms with Gasteiger partial charge < -0.3 is 20.1 Å². The van der Waals surface area contributed by atoms with Gasteiger partial charge in [-0.1, -0.05) is 0 Å². The van der Waals surface area contributed by atoms with Gasteiger partial charge in [0.15, 0.2) is 0 Å². The third-order valence-corrected chi connectivity index (χ3v) is 3.31. The number of amides is 1. The van der Waals surface area contributed by atoms with Crippen molar-refractivity contribution in [1.82, 2.24) is 15.3 Å². The van der Waals surface area contributed by atoms with Gasteiger partial charge in [0.2, 0.25) is 0 Å². The number of aliphatic hydroxyl groups is 1. The Hall–Kier alpha value is -1.38. The van der Waals surface area contributed by atoms with Gasteiger partial charge in [0, 0.05) is 19.3 Å². The number of carbonyl (C=O) groups is 1. The molecule has 20 heavy (non-hydrogen) atoms. The molecular formula is C12H19N3O4S. The van der Waals surface area contributed by atoms with Gasteiger partial charge in [0.25, 0.3) is 5.91 Å². The molecule has 1 heterocycles. The lowest BCUT2D eigenvalue weighted by Crippen LogP contribution is -2.31. The molecule has 1 aromatic heterocycles. The number of ether oxygens (including phenoxy) is 1. The van der Waals surface area contributed by atoms with Gasteiger partial charge in [-0.2, -0.15) is 4.98 Å². The van der Waals surface area contributed by atoms with Crippen LogP contribution in [0, 0.1) is 6.92 Å². The Morgan fingerprint density at radius 3 is 2.90 bits per heavy atom. The number of hydrogen-bond acceptors (Lipinski definition) is 6. The molecule has 1 aromatic rings. The quantitative estimate of drug-likeness (QED) is 0.481. The summed E-state index contributed by atoms with van der Waals surface area (Å²) in [5.41, 5.74) is 0.363. The second-order valence-electron chi connectivity index (χ2n) is 4.20. The molecule has 0 saturated carbocycles. The van der Waals surface area contributed by atoms with E-state index in [1.165, 1.54) is 18.9 Å². The molecule has 1 amide bonds. The number of methoxy groups -OCH3 is 1. The molecule has 3 N–H and O–H groups in total. The molecule has 1 atom stereocenters. The summed E-state index contributed by atoms with van der Waals surface area (Å²) in [5, 5.41) is 12.6. The van der Waals surface area contributed by atoms with Crippen molar-refractivity contribution in [3.8, 4) is 0 Å². The van der Waals surface area contributed by atoms with E-state index in [0.717, 1.165) is 0 Å². The molecule has 0 spiro atoms. The first-order chi connectivity index (χ1) is 9.49. The molecule has 8 heteroatoms. The Morgan fingerprint density at radius 2 is 2.30 bits per heavy atom. The predicted octanol–water partition coefficient (Wildman–Crippen LogP) is -0.0726. The zero-order valence-electron chi connectivity index (χ0n) is 11.7. The Morgan fingerprint density at radius 1 is 1.60 bits per heavy atom. The average Bonchev–Trinajstić information content (AvgIpc) is 2.37. The van der Waals surface area contributed by atoms with Gasteiger partial charge in [-0.15, -0.1) is 11.8 Å². The maximum Gasteiger partial charge on any atom is 0.346 e. The van der Waals surface area contributed by atoms with Crippen LogP contribution >= 0.6 is 11.8 Å². The second kappa shape index (κ2) is 8.03. The summed E-state index contributed by atoms with van der Waals surface area (Å²) in [6.45, 7) is 2.19. The molecule has 0 aliphatic rings.